The summed E-state index contributed by atoms with van der Waals surface area (Å²) in [5.41, 5.74) is 9.29. The van der Waals surface area contributed by atoms with E-state index in [2.05, 4.69) is 11.3 Å². The number of hydrogen-bond acceptors (Lipinski definition) is 4. The number of rotatable bonds is 2. The van der Waals surface area contributed by atoms with Crippen LogP contribution in [0, 0.1) is 12.3 Å². The standard InChI is InChI=1S/C9H12N2O.CH6N2/c1-6-5-7(9(10)11)3-4-8(6)12-2;1-3-2/h3-5H,1-2H3,(H3,10,11);3H,2H2,1H3. The number of methoxy groups -OCH3 is 1. The predicted molar refractivity (Wildman–Crippen MR) is 62.0 cm³/mol. The third kappa shape index (κ3) is 4.44. The van der Waals surface area contributed by atoms with Gasteiger partial charge < -0.3 is 10.5 Å². The molecule has 6 N–H and O–H groups in total. The van der Waals surface area contributed by atoms with Gasteiger partial charge in [-0.25, -0.2) is 0 Å². The molecule has 1 aromatic rings. The monoisotopic (exact) mass is 210 g/mol. The quantitative estimate of drug-likeness (QED) is 0.245. The molecule has 5 heteroatoms. The molecule has 0 aromatic heterocycles. The van der Waals surface area contributed by atoms with Crippen molar-refractivity contribution in [3.63, 3.8) is 0 Å². The number of aryl methyl sites for hydroxylation is 1. The van der Waals surface area contributed by atoms with Crippen molar-refractivity contribution in [2.24, 2.45) is 11.6 Å². The van der Waals surface area contributed by atoms with E-state index >= 15 is 0 Å². The van der Waals surface area contributed by atoms with Gasteiger partial charge in [-0.1, -0.05) is 0 Å². The Hall–Kier alpha value is -1.59. The molecular formula is C10H18N4O. The molecule has 0 aliphatic heterocycles. The molecule has 1 rings (SSSR count). The first-order chi connectivity index (χ1) is 7.06. The minimum absolute atomic E-state index is 0.0840. The minimum atomic E-state index is 0.0840. The average Bonchev–Trinajstić information content (AvgIpc) is 2.18. The second-order valence-electron chi connectivity index (χ2n) is 2.89. The second-order valence-corrected chi connectivity index (χ2v) is 2.89. The van der Waals surface area contributed by atoms with E-state index in [9.17, 15) is 0 Å². The molecule has 0 aliphatic carbocycles. The Labute approximate surface area is 89.9 Å². The second kappa shape index (κ2) is 6.80. The van der Waals surface area contributed by atoms with Gasteiger partial charge in [0.05, 0.1) is 7.11 Å². The van der Waals surface area contributed by atoms with E-state index in [0.29, 0.717) is 0 Å². The maximum absolute atomic E-state index is 7.20. The molecule has 0 saturated heterocycles. The molecule has 0 amide bonds. The Morgan fingerprint density at radius 3 is 2.33 bits per heavy atom. The van der Waals surface area contributed by atoms with E-state index in [0.717, 1.165) is 16.9 Å². The van der Waals surface area contributed by atoms with Crippen LogP contribution in [-0.4, -0.2) is 20.0 Å². The lowest BCUT2D eigenvalue weighted by Crippen LogP contribution is -2.13. The van der Waals surface area contributed by atoms with Crippen LogP contribution in [0.25, 0.3) is 0 Å². The number of nitrogen functional groups attached to an aromatic ring is 1. The van der Waals surface area contributed by atoms with Crippen molar-refractivity contribution in [2.45, 2.75) is 6.92 Å². The molecule has 0 aliphatic rings. The lowest BCUT2D eigenvalue weighted by Gasteiger charge is -2.05. The summed E-state index contributed by atoms with van der Waals surface area (Å²) >= 11 is 0. The Morgan fingerprint density at radius 1 is 1.47 bits per heavy atom. The zero-order valence-corrected chi connectivity index (χ0v) is 9.29. The minimum Gasteiger partial charge on any atom is -0.496 e. The highest BCUT2D eigenvalue weighted by atomic mass is 16.5. The van der Waals surface area contributed by atoms with E-state index < -0.39 is 0 Å². The highest BCUT2D eigenvalue weighted by Crippen LogP contribution is 2.17. The zero-order valence-electron chi connectivity index (χ0n) is 9.29. The molecule has 84 valence electrons. The number of hydrogen-bond donors (Lipinski definition) is 4. The number of hydrazine groups is 1. The van der Waals surface area contributed by atoms with Crippen molar-refractivity contribution in [3.8, 4) is 5.75 Å². The van der Waals surface area contributed by atoms with E-state index in [1.807, 2.05) is 19.1 Å². The zero-order chi connectivity index (χ0) is 11.8. The van der Waals surface area contributed by atoms with Crippen LogP contribution >= 0.6 is 0 Å². The maximum atomic E-state index is 7.20. The largest absolute Gasteiger partial charge is 0.496 e. The van der Waals surface area contributed by atoms with Gasteiger partial charge in [0.25, 0.3) is 0 Å². The summed E-state index contributed by atoms with van der Waals surface area (Å²) in [7, 11) is 3.27. The molecule has 0 saturated carbocycles. The van der Waals surface area contributed by atoms with E-state index in [4.69, 9.17) is 15.9 Å². The van der Waals surface area contributed by atoms with Gasteiger partial charge in [0.1, 0.15) is 11.6 Å². The lowest BCUT2D eigenvalue weighted by molar-refractivity contribution is 0.411. The van der Waals surface area contributed by atoms with Gasteiger partial charge >= 0.3 is 0 Å². The first-order valence-corrected chi connectivity index (χ1v) is 4.43. The SMILES string of the molecule is CNN.COc1ccc(C(=N)N)cc1C. The summed E-state index contributed by atoms with van der Waals surface area (Å²) in [5, 5.41) is 7.20. The smallest absolute Gasteiger partial charge is 0.122 e. The normalized spacial score (nSPS) is 8.80. The average molecular weight is 210 g/mol. The molecule has 0 unspecified atom stereocenters. The molecule has 0 heterocycles. The van der Waals surface area contributed by atoms with Crippen LogP contribution in [0.5, 0.6) is 5.75 Å². The van der Waals surface area contributed by atoms with Gasteiger partial charge in [0.15, 0.2) is 0 Å². The van der Waals surface area contributed by atoms with Gasteiger partial charge in [-0.15, -0.1) is 0 Å². The fourth-order valence-corrected chi connectivity index (χ4v) is 1.05. The molecule has 5 nitrogen and oxygen atoms in total. The summed E-state index contributed by atoms with van der Waals surface area (Å²) < 4.78 is 5.07. The van der Waals surface area contributed by atoms with E-state index in [1.165, 1.54) is 0 Å². The first-order valence-electron chi connectivity index (χ1n) is 4.43. The number of amidine groups is 1. The summed E-state index contributed by atoms with van der Waals surface area (Å²) in [6, 6.07) is 5.42. The van der Waals surface area contributed by atoms with E-state index in [1.54, 1.807) is 20.2 Å². The highest BCUT2D eigenvalue weighted by Gasteiger charge is 2.00. The molecule has 0 atom stereocenters. The van der Waals surface area contributed by atoms with Crippen LogP contribution in [0.4, 0.5) is 0 Å². The van der Waals surface area contributed by atoms with Crippen molar-refractivity contribution in [1.82, 2.24) is 5.43 Å². The van der Waals surface area contributed by atoms with Crippen LogP contribution in [0.2, 0.25) is 0 Å². The third-order valence-electron chi connectivity index (χ3n) is 1.71. The topological polar surface area (TPSA) is 97.1 Å². The van der Waals surface area contributed by atoms with Crippen LogP contribution in [0.15, 0.2) is 18.2 Å². The van der Waals surface area contributed by atoms with Crippen molar-refractivity contribution in [1.29, 1.82) is 5.41 Å². The fourth-order valence-electron chi connectivity index (χ4n) is 1.05. The molecule has 15 heavy (non-hydrogen) atoms. The van der Waals surface area contributed by atoms with Crippen molar-refractivity contribution >= 4 is 5.84 Å². The van der Waals surface area contributed by atoms with Gasteiger partial charge in [0.2, 0.25) is 0 Å². The van der Waals surface area contributed by atoms with Crippen LogP contribution in [-0.2, 0) is 0 Å². The van der Waals surface area contributed by atoms with Crippen LogP contribution < -0.4 is 21.7 Å². The molecular weight excluding hydrogens is 192 g/mol. The number of ether oxygens (including phenoxy) is 1. The predicted octanol–water partition coefficient (Wildman–Crippen LogP) is 0.367. The Bertz CT molecular complexity index is 325. The Balaban J connectivity index is 0.000000583. The Kier molecular flexibility index (Phi) is 6.08. The highest BCUT2D eigenvalue weighted by molar-refractivity contribution is 5.95. The van der Waals surface area contributed by atoms with Crippen molar-refractivity contribution < 1.29 is 4.74 Å². The van der Waals surface area contributed by atoms with Crippen molar-refractivity contribution in [2.75, 3.05) is 14.2 Å². The van der Waals surface area contributed by atoms with Crippen LogP contribution in [0.3, 0.4) is 0 Å². The number of benzene rings is 1. The summed E-state index contributed by atoms with van der Waals surface area (Å²) in [4.78, 5) is 0. The first kappa shape index (κ1) is 13.4. The van der Waals surface area contributed by atoms with Gasteiger partial charge in [-0.3, -0.25) is 16.7 Å². The number of nitrogens with one attached hydrogen (secondary N) is 2. The molecule has 0 bridgehead atoms. The molecule has 1 aromatic carbocycles. The van der Waals surface area contributed by atoms with Gasteiger partial charge in [0, 0.05) is 5.56 Å². The fraction of sp³-hybridized carbons (Fsp3) is 0.300. The van der Waals surface area contributed by atoms with Gasteiger partial charge in [-0.2, -0.15) is 0 Å². The van der Waals surface area contributed by atoms with Crippen LogP contribution in [0.1, 0.15) is 11.1 Å². The van der Waals surface area contributed by atoms with E-state index in [-0.39, 0.29) is 5.84 Å². The third-order valence-corrected chi connectivity index (χ3v) is 1.71. The molecule has 0 fully saturated rings. The van der Waals surface area contributed by atoms with Gasteiger partial charge in [-0.05, 0) is 37.7 Å². The summed E-state index contributed by atoms with van der Waals surface area (Å²) in [6.07, 6.45) is 0. The maximum Gasteiger partial charge on any atom is 0.122 e. The molecule has 0 spiro atoms. The summed E-state index contributed by atoms with van der Waals surface area (Å²) in [5.74, 6) is 5.50. The number of nitrogens with two attached hydrogens (primary N) is 2. The lowest BCUT2D eigenvalue weighted by atomic mass is 10.1. The Morgan fingerprint density at radius 2 is 2.00 bits per heavy atom. The summed E-state index contributed by atoms with van der Waals surface area (Å²) in [6.45, 7) is 1.92. The molecule has 0 radical (unpaired) electrons. The van der Waals surface area contributed by atoms with Crippen molar-refractivity contribution in [3.05, 3.63) is 29.3 Å².